The Kier molecular flexibility index (Phi) is 11.9. The van der Waals surface area contributed by atoms with Crippen LogP contribution in [-0.2, 0) is 13.1 Å². The van der Waals surface area contributed by atoms with Crippen molar-refractivity contribution in [3.63, 3.8) is 0 Å². The zero-order valence-corrected chi connectivity index (χ0v) is 23.9. The second kappa shape index (κ2) is 14.3. The minimum Gasteiger partial charge on any atom is -0.497 e. The molecular formula is C29H38Cl2N2O4. The van der Waals surface area contributed by atoms with Crippen molar-refractivity contribution < 1.29 is 18.9 Å². The van der Waals surface area contributed by atoms with Gasteiger partial charge in [-0.1, -0.05) is 30.3 Å². The van der Waals surface area contributed by atoms with Crippen LogP contribution < -0.4 is 18.9 Å². The van der Waals surface area contributed by atoms with E-state index in [1.165, 1.54) is 22.3 Å². The average Bonchev–Trinajstić information content (AvgIpc) is 2.90. The molecule has 202 valence electrons. The Labute approximate surface area is 233 Å². The van der Waals surface area contributed by atoms with Gasteiger partial charge in [0.25, 0.3) is 0 Å². The summed E-state index contributed by atoms with van der Waals surface area (Å²) >= 11 is 0. The van der Waals surface area contributed by atoms with Gasteiger partial charge in [0.15, 0.2) is 11.5 Å². The van der Waals surface area contributed by atoms with E-state index in [1.807, 2.05) is 18.2 Å². The van der Waals surface area contributed by atoms with Crippen molar-refractivity contribution in [1.29, 1.82) is 0 Å². The van der Waals surface area contributed by atoms with Crippen molar-refractivity contribution in [2.24, 2.45) is 0 Å². The topological polar surface area (TPSA) is 43.4 Å². The zero-order valence-electron chi connectivity index (χ0n) is 22.3. The molecule has 4 rings (SSSR count). The van der Waals surface area contributed by atoms with Gasteiger partial charge in [0, 0.05) is 44.8 Å². The van der Waals surface area contributed by atoms with Gasteiger partial charge in [0.1, 0.15) is 5.75 Å². The molecule has 0 unspecified atom stereocenters. The molecule has 0 aromatic heterocycles. The lowest BCUT2D eigenvalue weighted by Crippen LogP contribution is -2.45. The number of benzene rings is 3. The van der Waals surface area contributed by atoms with Crippen molar-refractivity contribution in [3.05, 3.63) is 71.3 Å². The molecule has 3 aromatic carbocycles. The van der Waals surface area contributed by atoms with Crippen LogP contribution in [0.5, 0.6) is 23.0 Å². The first-order chi connectivity index (χ1) is 17.1. The van der Waals surface area contributed by atoms with E-state index in [4.69, 9.17) is 18.9 Å². The summed E-state index contributed by atoms with van der Waals surface area (Å²) in [5.41, 5.74) is 6.28. The molecule has 1 aliphatic rings. The van der Waals surface area contributed by atoms with Crippen LogP contribution >= 0.6 is 24.8 Å². The van der Waals surface area contributed by atoms with Gasteiger partial charge in [0.2, 0.25) is 5.75 Å². The third-order valence-electron chi connectivity index (χ3n) is 6.81. The first-order valence-corrected chi connectivity index (χ1v) is 12.0. The maximum Gasteiger partial charge on any atom is 0.203 e. The molecule has 3 aromatic rings. The molecule has 1 fully saturated rings. The quantitative estimate of drug-likeness (QED) is 0.333. The molecule has 0 saturated carbocycles. The summed E-state index contributed by atoms with van der Waals surface area (Å²) in [6.07, 6.45) is 0. The molecule has 6 nitrogen and oxygen atoms in total. The van der Waals surface area contributed by atoms with Crippen LogP contribution in [0, 0.1) is 6.92 Å². The zero-order chi connectivity index (χ0) is 24.8. The highest BCUT2D eigenvalue weighted by Gasteiger charge is 2.21. The van der Waals surface area contributed by atoms with Gasteiger partial charge in [-0.15, -0.1) is 24.8 Å². The third-order valence-corrected chi connectivity index (χ3v) is 6.81. The van der Waals surface area contributed by atoms with Gasteiger partial charge in [-0.05, 0) is 53.4 Å². The number of ether oxygens (including phenoxy) is 4. The highest BCUT2D eigenvalue weighted by atomic mass is 35.5. The molecule has 0 radical (unpaired) electrons. The lowest BCUT2D eigenvalue weighted by atomic mass is 9.99. The van der Waals surface area contributed by atoms with Gasteiger partial charge >= 0.3 is 0 Å². The van der Waals surface area contributed by atoms with E-state index in [1.54, 1.807) is 28.4 Å². The molecule has 8 heteroatoms. The minimum absolute atomic E-state index is 0. The fraction of sp³-hybridized carbons (Fsp3) is 0.379. The Bertz CT molecular complexity index is 1130. The van der Waals surface area contributed by atoms with Crippen LogP contribution in [0.25, 0.3) is 11.1 Å². The Morgan fingerprint density at radius 1 is 0.595 bits per heavy atom. The predicted molar refractivity (Wildman–Crippen MR) is 154 cm³/mol. The van der Waals surface area contributed by atoms with Gasteiger partial charge in [-0.2, -0.15) is 0 Å². The number of halogens is 2. The molecule has 1 saturated heterocycles. The van der Waals surface area contributed by atoms with E-state index in [0.717, 1.165) is 56.3 Å². The maximum absolute atomic E-state index is 5.68. The first kappa shape index (κ1) is 30.6. The summed E-state index contributed by atoms with van der Waals surface area (Å²) in [6, 6.07) is 19.1. The number of nitrogens with zero attached hydrogens (tertiary/aromatic N) is 2. The second-order valence-corrected chi connectivity index (χ2v) is 8.92. The van der Waals surface area contributed by atoms with Gasteiger partial charge in [0.05, 0.1) is 28.4 Å². The largest absolute Gasteiger partial charge is 0.497 e. The van der Waals surface area contributed by atoms with Gasteiger partial charge in [-0.3, -0.25) is 9.80 Å². The molecule has 0 amide bonds. The van der Waals surface area contributed by atoms with Crippen molar-refractivity contribution in [3.8, 4) is 34.1 Å². The van der Waals surface area contributed by atoms with Crippen LogP contribution in [-0.4, -0.2) is 64.4 Å². The summed E-state index contributed by atoms with van der Waals surface area (Å²) in [5, 5.41) is 0. The van der Waals surface area contributed by atoms with E-state index < -0.39 is 0 Å². The lowest BCUT2D eigenvalue weighted by molar-refractivity contribution is 0.121. The van der Waals surface area contributed by atoms with Crippen molar-refractivity contribution >= 4 is 24.8 Å². The fourth-order valence-corrected chi connectivity index (χ4v) is 4.68. The summed E-state index contributed by atoms with van der Waals surface area (Å²) in [4.78, 5) is 5.02. The molecule has 0 aliphatic carbocycles. The highest BCUT2D eigenvalue weighted by molar-refractivity contribution is 5.85. The van der Waals surface area contributed by atoms with E-state index in [0.29, 0.717) is 11.5 Å². The van der Waals surface area contributed by atoms with E-state index >= 15 is 0 Å². The Morgan fingerprint density at radius 3 is 1.70 bits per heavy atom. The molecule has 0 N–H and O–H groups in total. The molecule has 0 atom stereocenters. The Morgan fingerprint density at radius 2 is 1.16 bits per heavy atom. The highest BCUT2D eigenvalue weighted by Crippen LogP contribution is 2.40. The SMILES string of the molecule is COc1ccc(-c2ccc(C)c(CN3CCN(Cc4ccc(OC)c(OC)c4OC)CC3)c2)cc1.Cl.Cl. The fourth-order valence-electron chi connectivity index (χ4n) is 4.68. The molecule has 1 aliphatic heterocycles. The number of rotatable bonds is 9. The molecule has 37 heavy (non-hydrogen) atoms. The second-order valence-electron chi connectivity index (χ2n) is 8.92. The van der Waals surface area contributed by atoms with E-state index in [-0.39, 0.29) is 24.8 Å². The average molecular weight is 550 g/mol. The van der Waals surface area contributed by atoms with Gasteiger partial charge in [-0.25, -0.2) is 0 Å². The van der Waals surface area contributed by atoms with Crippen molar-refractivity contribution in [2.45, 2.75) is 20.0 Å². The monoisotopic (exact) mass is 548 g/mol. The normalized spacial score (nSPS) is 13.8. The number of methoxy groups -OCH3 is 4. The standard InChI is InChI=1S/C29H36N2O4.2ClH/c1-21-6-7-23(22-8-11-26(32-2)12-9-22)18-25(21)20-31-16-14-30(15-17-31)19-24-10-13-27(33-3)29(35-5)28(24)34-4;;/h6-13,18H,14-17,19-20H2,1-5H3;2*1H. The molecule has 0 bridgehead atoms. The van der Waals surface area contributed by atoms with Crippen molar-refractivity contribution in [2.75, 3.05) is 54.6 Å². The minimum atomic E-state index is 0. The summed E-state index contributed by atoms with van der Waals surface area (Å²) < 4.78 is 21.9. The predicted octanol–water partition coefficient (Wildman–Crippen LogP) is 5.86. The van der Waals surface area contributed by atoms with Crippen LogP contribution in [0.15, 0.2) is 54.6 Å². The number of piperazine rings is 1. The van der Waals surface area contributed by atoms with Crippen molar-refractivity contribution in [1.82, 2.24) is 9.80 Å². The smallest absolute Gasteiger partial charge is 0.203 e. The number of hydrogen-bond acceptors (Lipinski definition) is 6. The van der Waals surface area contributed by atoms with Gasteiger partial charge < -0.3 is 18.9 Å². The summed E-state index contributed by atoms with van der Waals surface area (Å²) in [7, 11) is 6.67. The Balaban J connectivity index is 0.00000241. The Hall–Kier alpha value is -2.64. The van der Waals surface area contributed by atoms with Crippen LogP contribution in [0.2, 0.25) is 0 Å². The summed E-state index contributed by atoms with van der Waals surface area (Å²) in [6.45, 7) is 8.06. The number of aryl methyl sites for hydroxylation is 1. The van der Waals surface area contributed by atoms with E-state index in [2.05, 4.69) is 53.1 Å². The maximum atomic E-state index is 5.68. The third kappa shape index (κ3) is 7.23. The molecule has 1 heterocycles. The van der Waals surface area contributed by atoms with Crippen LogP contribution in [0.1, 0.15) is 16.7 Å². The molecule has 0 spiro atoms. The van der Waals surface area contributed by atoms with E-state index in [9.17, 15) is 0 Å². The number of hydrogen-bond donors (Lipinski definition) is 0. The first-order valence-electron chi connectivity index (χ1n) is 12.0. The van der Waals surface area contributed by atoms with Crippen LogP contribution in [0.4, 0.5) is 0 Å². The summed E-state index contributed by atoms with van der Waals surface area (Å²) in [5.74, 6) is 2.97. The lowest BCUT2D eigenvalue weighted by Gasteiger charge is -2.35. The van der Waals surface area contributed by atoms with Crippen LogP contribution in [0.3, 0.4) is 0 Å². The molecular weight excluding hydrogens is 511 g/mol.